The van der Waals surface area contributed by atoms with Gasteiger partial charge in [0.2, 0.25) is 4.77 Å². The van der Waals surface area contributed by atoms with Gasteiger partial charge in [0.1, 0.15) is 17.5 Å². The molecule has 29 heavy (non-hydrogen) atoms. The summed E-state index contributed by atoms with van der Waals surface area (Å²) in [6.07, 6.45) is 2.78. The lowest BCUT2D eigenvalue weighted by Gasteiger charge is -2.25. The zero-order valence-corrected chi connectivity index (χ0v) is 16.5. The van der Waals surface area contributed by atoms with E-state index in [-0.39, 0.29) is 0 Å². The van der Waals surface area contributed by atoms with Gasteiger partial charge in [0.25, 0.3) is 0 Å². The molecule has 0 radical (unpaired) electrons. The van der Waals surface area contributed by atoms with Gasteiger partial charge in [0.15, 0.2) is 0 Å². The molecule has 1 aliphatic rings. The Morgan fingerprint density at radius 3 is 2.21 bits per heavy atom. The Balaban J connectivity index is 1.99. The molecule has 0 atom stereocenters. The molecule has 0 saturated carbocycles. The van der Waals surface area contributed by atoms with Crippen LogP contribution >= 0.6 is 12.2 Å². The van der Waals surface area contributed by atoms with Crippen molar-refractivity contribution in [1.82, 2.24) is 9.38 Å². The van der Waals surface area contributed by atoms with E-state index in [1.165, 1.54) is 0 Å². The molecule has 2 N–H and O–H groups in total. The fourth-order valence-corrected chi connectivity index (χ4v) is 4.68. The molecule has 4 aromatic rings. The van der Waals surface area contributed by atoms with Crippen LogP contribution in [0.25, 0.3) is 27.9 Å². The number of nitrogens with zero attached hydrogens (tertiary/aromatic N) is 3. The van der Waals surface area contributed by atoms with E-state index in [2.05, 4.69) is 18.2 Å². The first kappa shape index (κ1) is 17.6. The summed E-state index contributed by atoms with van der Waals surface area (Å²) in [4.78, 5) is 4.74. The third-order valence-corrected chi connectivity index (χ3v) is 5.88. The highest BCUT2D eigenvalue weighted by Gasteiger charge is 2.26. The number of rotatable bonds is 2. The molecule has 140 valence electrons. The molecule has 1 aliphatic carbocycles. The van der Waals surface area contributed by atoms with Crippen molar-refractivity contribution in [3.05, 3.63) is 82.1 Å². The highest BCUT2D eigenvalue weighted by atomic mass is 32.1. The van der Waals surface area contributed by atoms with Crippen LogP contribution in [0, 0.1) is 16.1 Å². The zero-order valence-electron chi connectivity index (χ0n) is 15.7. The molecule has 2 aromatic carbocycles. The van der Waals surface area contributed by atoms with Gasteiger partial charge in [-0.05, 0) is 42.6 Å². The Labute approximate surface area is 173 Å². The summed E-state index contributed by atoms with van der Waals surface area (Å²) in [6, 6.07) is 22.5. The molecule has 0 amide bonds. The molecule has 5 rings (SSSR count). The molecule has 2 aromatic heterocycles. The molecule has 0 spiro atoms. The number of pyridine rings is 1. The van der Waals surface area contributed by atoms with E-state index in [0.717, 1.165) is 58.3 Å². The average Bonchev–Trinajstić information content (AvgIpc) is 2.77. The smallest absolute Gasteiger partial charge is 0.206 e. The fourth-order valence-electron chi connectivity index (χ4n) is 4.40. The lowest BCUT2D eigenvalue weighted by atomic mass is 9.85. The van der Waals surface area contributed by atoms with Crippen molar-refractivity contribution in [1.29, 1.82) is 5.26 Å². The van der Waals surface area contributed by atoms with E-state index in [0.29, 0.717) is 16.2 Å². The van der Waals surface area contributed by atoms with Crippen LogP contribution in [0.4, 0.5) is 5.82 Å². The van der Waals surface area contributed by atoms with Crippen molar-refractivity contribution >= 4 is 23.6 Å². The summed E-state index contributed by atoms with van der Waals surface area (Å²) in [5.74, 6) is 0.366. The van der Waals surface area contributed by atoms with E-state index in [1.807, 2.05) is 48.5 Å². The maximum atomic E-state index is 9.95. The predicted molar refractivity (Wildman–Crippen MR) is 118 cm³/mol. The summed E-state index contributed by atoms with van der Waals surface area (Å²) in [7, 11) is 0. The number of hydrogen-bond acceptors (Lipinski definition) is 4. The summed E-state index contributed by atoms with van der Waals surface area (Å²) >= 11 is 5.65. The zero-order chi connectivity index (χ0) is 20.0. The predicted octanol–water partition coefficient (Wildman–Crippen LogP) is 5.34. The Kier molecular flexibility index (Phi) is 4.15. The van der Waals surface area contributed by atoms with Crippen LogP contribution < -0.4 is 5.73 Å². The van der Waals surface area contributed by atoms with E-state index in [9.17, 15) is 5.26 Å². The Bertz CT molecular complexity index is 1350. The monoisotopic (exact) mass is 394 g/mol. The van der Waals surface area contributed by atoms with Gasteiger partial charge in [-0.1, -0.05) is 60.7 Å². The van der Waals surface area contributed by atoms with Gasteiger partial charge in [-0.2, -0.15) is 5.26 Å². The number of aryl methyl sites for hydroxylation is 2. The summed E-state index contributed by atoms with van der Waals surface area (Å²) in [5, 5.41) is 9.95. The van der Waals surface area contributed by atoms with E-state index >= 15 is 0 Å². The first-order valence-corrected chi connectivity index (χ1v) is 10.0. The summed E-state index contributed by atoms with van der Waals surface area (Å²) < 4.78 is 2.19. The average molecular weight is 395 g/mol. The van der Waals surface area contributed by atoms with Gasteiger partial charge < -0.3 is 5.73 Å². The number of nitrogens with two attached hydrogens (primary N) is 1. The lowest BCUT2D eigenvalue weighted by molar-refractivity contribution is 0.786. The van der Waals surface area contributed by atoms with Crippen molar-refractivity contribution in [2.75, 3.05) is 5.73 Å². The van der Waals surface area contributed by atoms with Crippen LogP contribution in [0.1, 0.15) is 23.1 Å². The lowest BCUT2D eigenvalue weighted by Crippen LogP contribution is -2.16. The second-order valence-corrected chi connectivity index (χ2v) is 7.58. The Morgan fingerprint density at radius 2 is 1.55 bits per heavy atom. The number of benzene rings is 2. The summed E-state index contributed by atoms with van der Waals surface area (Å²) in [5.41, 5.74) is 14.2. The minimum Gasteiger partial charge on any atom is -0.384 e. The maximum Gasteiger partial charge on any atom is 0.206 e. The van der Waals surface area contributed by atoms with Crippen LogP contribution in [-0.2, 0) is 12.8 Å². The molecule has 5 heteroatoms. The molecule has 4 nitrogen and oxygen atoms in total. The number of hydrogen-bond donors (Lipinski definition) is 1. The standard InChI is InChI=1S/C24H18N4S/c25-14-19-20(15-8-3-1-4-9-15)17-12-7-13-18-21(16-10-5-2-6-11-16)27-24(29)28(22(17)18)23(19)26/h1-6,8-11H,7,12-13,26H2. The van der Waals surface area contributed by atoms with Crippen LogP contribution in [0.15, 0.2) is 60.7 Å². The molecule has 0 saturated heterocycles. The molecule has 0 aliphatic heterocycles. The van der Waals surface area contributed by atoms with E-state index in [4.69, 9.17) is 22.9 Å². The molecule has 0 bridgehead atoms. The van der Waals surface area contributed by atoms with Crippen molar-refractivity contribution in [2.24, 2.45) is 0 Å². The SMILES string of the molecule is N#Cc1c(-c2ccccc2)c2c3c(c(-c4ccccc4)nc(=S)n3c1N)CCC2. The highest BCUT2D eigenvalue weighted by Crippen LogP contribution is 2.41. The largest absolute Gasteiger partial charge is 0.384 e. The van der Waals surface area contributed by atoms with Crippen molar-refractivity contribution < 1.29 is 0 Å². The Morgan fingerprint density at radius 1 is 0.931 bits per heavy atom. The van der Waals surface area contributed by atoms with Crippen LogP contribution in [0.2, 0.25) is 0 Å². The number of anilines is 1. The van der Waals surface area contributed by atoms with E-state index < -0.39 is 0 Å². The van der Waals surface area contributed by atoms with Gasteiger partial charge in [0, 0.05) is 16.7 Å². The van der Waals surface area contributed by atoms with Crippen molar-refractivity contribution in [3.63, 3.8) is 0 Å². The number of nitriles is 1. The van der Waals surface area contributed by atoms with Gasteiger partial charge >= 0.3 is 0 Å². The minimum absolute atomic E-state index is 0.366. The van der Waals surface area contributed by atoms with Crippen molar-refractivity contribution in [3.8, 4) is 28.5 Å². The van der Waals surface area contributed by atoms with Gasteiger partial charge in [-0.3, -0.25) is 4.40 Å². The first-order valence-electron chi connectivity index (χ1n) is 9.61. The molecule has 0 unspecified atom stereocenters. The molecule has 2 heterocycles. The molecule has 0 fully saturated rings. The normalized spacial score (nSPS) is 12.7. The first-order chi connectivity index (χ1) is 14.2. The maximum absolute atomic E-state index is 9.95. The fraction of sp³-hybridized carbons (Fsp3) is 0.125. The Hall–Kier alpha value is -3.49. The van der Waals surface area contributed by atoms with E-state index in [1.54, 1.807) is 4.40 Å². The second kappa shape index (κ2) is 6.84. The van der Waals surface area contributed by atoms with Crippen LogP contribution in [0.3, 0.4) is 0 Å². The van der Waals surface area contributed by atoms with Gasteiger partial charge in [-0.15, -0.1) is 0 Å². The van der Waals surface area contributed by atoms with Crippen LogP contribution in [0.5, 0.6) is 0 Å². The third-order valence-electron chi connectivity index (χ3n) is 5.60. The molecular weight excluding hydrogens is 376 g/mol. The highest BCUT2D eigenvalue weighted by molar-refractivity contribution is 7.71. The third kappa shape index (κ3) is 2.65. The van der Waals surface area contributed by atoms with Gasteiger partial charge in [0.05, 0.1) is 11.2 Å². The van der Waals surface area contributed by atoms with Crippen molar-refractivity contribution in [2.45, 2.75) is 19.3 Å². The quantitative estimate of drug-likeness (QED) is 0.466. The topological polar surface area (TPSA) is 67.1 Å². The van der Waals surface area contributed by atoms with Gasteiger partial charge in [-0.25, -0.2) is 4.98 Å². The second-order valence-electron chi connectivity index (χ2n) is 7.22. The summed E-state index contributed by atoms with van der Waals surface area (Å²) in [6.45, 7) is 0. The number of aromatic nitrogens is 2. The minimum atomic E-state index is 0.366. The molecular formula is C24H18N4S. The van der Waals surface area contributed by atoms with Crippen LogP contribution in [-0.4, -0.2) is 9.38 Å². The number of nitrogen functional groups attached to an aromatic ring is 1.